The van der Waals surface area contributed by atoms with Crippen molar-refractivity contribution in [3.8, 4) is 0 Å². The summed E-state index contributed by atoms with van der Waals surface area (Å²) < 4.78 is 0. The molecule has 0 aliphatic rings. The third kappa shape index (κ3) is 16.1. The average molecular weight is 348 g/mol. The summed E-state index contributed by atoms with van der Waals surface area (Å²) in [6.07, 6.45) is 5.19. The van der Waals surface area contributed by atoms with Crippen molar-refractivity contribution in [1.82, 2.24) is 0 Å². The van der Waals surface area contributed by atoms with Crippen LogP contribution < -0.4 is 0 Å². The van der Waals surface area contributed by atoms with Gasteiger partial charge in [-0.2, -0.15) is 0 Å². The van der Waals surface area contributed by atoms with E-state index in [1.807, 2.05) is 13.8 Å². The van der Waals surface area contributed by atoms with Crippen LogP contribution in [0.15, 0.2) is 24.3 Å². The Labute approximate surface area is 145 Å². The van der Waals surface area contributed by atoms with Gasteiger partial charge in [-0.1, -0.05) is 38.2 Å². The minimum atomic E-state index is -0.568. The molecule has 144 valence electrons. The summed E-state index contributed by atoms with van der Waals surface area (Å²) in [5.41, 5.74) is 0. The molecule has 0 amide bonds. The van der Waals surface area contributed by atoms with Crippen LogP contribution in [0.2, 0.25) is 0 Å². The topological polar surface area (TPSA) is 121 Å². The summed E-state index contributed by atoms with van der Waals surface area (Å²) in [7, 11) is 0. The third-order valence-corrected chi connectivity index (χ3v) is 3.80. The zero-order valence-electron chi connectivity index (χ0n) is 15.3. The molecule has 0 aromatic carbocycles. The lowest BCUT2D eigenvalue weighted by molar-refractivity contribution is 0.0968. The Balaban J connectivity index is 0. The molecule has 0 saturated heterocycles. The average Bonchev–Trinajstić information content (AvgIpc) is 2.51. The fraction of sp³-hybridized carbons (Fsp3) is 0.778. The van der Waals surface area contributed by atoms with Crippen molar-refractivity contribution < 1.29 is 30.6 Å². The van der Waals surface area contributed by atoms with Crippen LogP contribution in [0.4, 0.5) is 0 Å². The summed E-state index contributed by atoms with van der Waals surface area (Å²) in [4.78, 5) is 0. The lowest BCUT2D eigenvalue weighted by Crippen LogP contribution is -2.18. The molecule has 0 radical (unpaired) electrons. The first-order valence-electron chi connectivity index (χ1n) is 8.42. The monoisotopic (exact) mass is 348 g/mol. The summed E-state index contributed by atoms with van der Waals surface area (Å²) >= 11 is 0. The van der Waals surface area contributed by atoms with Crippen molar-refractivity contribution in [3.63, 3.8) is 0 Å². The Bertz CT molecular complexity index is 295. The molecular weight excluding hydrogens is 312 g/mol. The normalized spacial score (nSPS) is 19.4. The van der Waals surface area contributed by atoms with Gasteiger partial charge in [0.05, 0.1) is 37.6 Å². The number of hydrogen-bond donors (Lipinski definition) is 6. The van der Waals surface area contributed by atoms with Gasteiger partial charge in [-0.25, -0.2) is 0 Å². The van der Waals surface area contributed by atoms with E-state index in [2.05, 4.69) is 0 Å². The van der Waals surface area contributed by atoms with Gasteiger partial charge in [0.2, 0.25) is 0 Å². The second-order valence-electron chi connectivity index (χ2n) is 6.26. The van der Waals surface area contributed by atoms with Gasteiger partial charge in [0.1, 0.15) is 0 Å². The van der Waals surface area contributed by atoms with Gasteiger partial charge in [0.25, 0.3) is 0 Å². The molecule has 0 aliphatic carbocycles. The van der Waals surface area contributed by atoms with Crippen molar-refractivity contribution in [2.45, 2.75) is 65.0 Å². The maximum absolute atomic E-state index is 9.29. The molecule has 0 spiro atoms. The van der Waals surface area contributed by atoms with Crippen LogP contribution in [-0.2, 0) is 0 Å². The van der Waals surface area contributed by atoms with E-state index in [-0.39, 0.29) is 25.0 Å². The van der Waals surface area contributed by atoms with Crippen molar-refractivity contribution in [3.05, 3.63) is 24.3 Å². The molecule has 0 fully saturated rings. The molecule has 24 heavy (non-hydrogen) atoms. The van der Waals surface area contributed by atoms with Gasteiger partial charge in [-0.15, -0.1) is 0 Å². The third-order valence-electron chi connectivity index (χ3n) is 3.80. The number of rotatable bonds is 10. The largest absolute Gasteiger partial charge is 0.393 e. The molecule has 0 aromatic heterocycles. The highest BCUT2D eigenvalue weighted by molar-refractivity contribution is 4.89. The van der Waals surface area contributed by atoms with Crippen LogP contribution in [-0.4, -0.2) is 68.3 Å². The fourth-order valence-electron chi connectivity index (χ4n) is 1.75. The first-order chi connectivity index (χ1) is 11.1. The zero-order chi connectivity index (χ0) is 19.1. The summed E-state index contributed by atoms with van der Waals surface area (Å²) in [5.74, 6) is 0.145. The molecule has 0 bridgehead atoms. The van der Waals surface area contributed by atoms with E-state index in [1.54, 1.807) is 26.0 Å². The van der Waals surface area contributed by atoms with Crippen LogP contribution in [0, 0.1) is 11.8 Å². The van der Waals surface area contributed by atoms with Crippen LogP contribution in [0.5, 0.6) is 0 Å². The smallest absolute Gasteiger partial charge is 0.0725 e. The molecule has 0 aliphatic heterocycles. The van der Waals surface area contributed by atoms with E-state index in [4.69, 9.17) is 20.4 Å². The first kappa shape index (κ1) is 25.5. The van der Waals surface area contributed by atoms with Crippen molar-refractivity contribution >= 4 is 0 Å². The number of aliphatic hydroxyl groups excluding tert-OH is 6. The molecule has 6 nitrogen and oxygen atoms in total. The Morgan fingerprint density at radius 1 is 0.625 bits per heavy atom. The quantitative estimate of drug-likeness (QED) is 0.322. The zero-order valence-corrected chi connectivity index (χ0v) is 15.3. The van der Waals surface area contributed by atoms with E-state index in [0.717, 1.165) is 0 Å². The predicted octanol–water partition coefficient (Wildman–Crippen LogP) is 0.606. The SMILES string of the molecule is CC(O)C(C)C[C@@H](O)/C=C/CO.CC(O)C(C)C[C@H](O)/C=C/CO. The van der Waals surface area contributed by atoms with Gasteiger partial charge in [-0.3, -0.25) is 0 Å². The minimum absolute atomic E-state index is 0.0554. The maximum Gasteiger partial charge on any atom is 0.0725 e. The van der Waals surface area contributed by atoms with Crippen LogP contribution in [0.1, 0.15) is 40.5 Å². The fourth-order valence-corrected chi connectivity index (χ4v) is 1.75. The molecule has 6 heteroatoms. The van der Waals surface area contributed by atoms with Crippen LogP contribution in [0.25, 0.3) is 0 Å². The highest BCUT2D eigenvalue weighted by atomic mass is 16.3. The standard InChI is InChI=1S/2C9H18O3/c2*1-7(8(2)11)6-9(12)4-3-5-10/h2*3-4,7-12H,5-6H2,1-2H3/b2*4-3+/t2*7?,8?,9-/m10/s1. The second-order valence-corrected chi connectivity index (χ2v) is 6.26. The van der Waals surface area contributed by atoms with E-state index in [1.165, 1.54) is 12.2 Å². The summed E-state index contributed by atoms with van der Waals surface area (Å²) in [6.45, 7) is 7.04. The molecular formula is C18H36O6. The Hall–Kier alpha value is -0.760. The summed E-state index contributed by atoms with van der Waals surface area (Å²) in [5, 5.41) is 53.6. The van der Waals surface area contributed by atoms with Gasteiger partial charge >= 0.3 is 0 Å². The van der Waals surface area contributed by atoms with E-state index in [0.29, 0.717) is 12.8 Å². The molecule has 0 saturated carbocycles. The lowest BCUT2D eigenvalue weighted by atomic mass is 9.98. The molecule has 0 rings (SSSR count). The van der Waals surface area contributed by atoms with Crippen molar-refractivity contribution in [1.29, 1.82) is 0 Å². The van der Waals surface area contributed by atoms with E-state index < -0.39 is 24.4 Å². The molecule has 6 atom stereocenters. The van der Waals surface area contributed by atoms with E-state index >= 15 is 0 Å². The number of aliphatic hydroxyl groups is 6. The maximum atomic E-state index is 9.29. The summed E-state index contributed by atoms with van der Waals surface area (Å²) in [6, 6.07) is 0. The van der Waals surface area contributed by atoms with Crippen LogP contribution >= 0.6 is 0 Å². The molecule has 4 unspecified atom stereocenters. The Morgan fingerprint density at radius 2 is 0.917 bits per heavy atom. The second kappa shape index (κ2) is 15.7. The highest BCUT2D eigenvalue weighted by Gasteiger charge is 2.12. The lowest BCUT2D eigenvalue weighted by Gasteiger charge is -2.16. The van der Waals surface area contributed by atoms with E-state index in [9.17, 15) is 10.2 Å². The predicted molar refractivity (Wildman–Crippen MR) is 95.4 cm³/mol. The van der Waals surface area contributed by atoms with Crippen molar-refractivity contribution in [2.24, 2.45) is 11.8 Å². The van der Waals surface area contributed by atoms with Gasteiger partial charge in [0, 0.05) is 0 Å². The Kier molecular flexibility index (Phi) is 16.7. The minimum Gasteiger partial charge on any atom is -0.393 e. The van der Waals surface area contributed by atoms with Gasteiger partial charge < -0.3 is 30.6 Å². The molecule has 0 aromatic rings. The molecule has 6 N–H and O–H groups in total. The molecule has 0 heterocycles. The first-order valence-corrected chi connectivity index (χ1v) is 8.42. The van der Waals surface area contributed by atoms with Crippen LogP contribution in [0.3, 0.4) is 0 Å². The highest BCUT2D eigenvalue weighted by Crippen LogP contribution is 2.11. The van der Waals surface area contributed by atoms with Crippen molar-refractivity contribution in [2.75, 3.05) is 13.2 Å². The number of hydrogen-bond acceptors (Lipinski definition) is 6. The Morgan fingerprint density at radius 3 is 1.12 bits per heavy atom. The van der Waals surface area contributed by atoms with Gasteiger partial charge in [-0.05, 0) is 38.5 Å². The van der Waals surface area contributed by atoms with Gasteiger partial charge in [0.15, 0.2) is 0 Å².